The van der Waals surface area contributed by atoms with E-state index in [1.54, 1.807) is 29.2 Å². The summed E-state index contributed by atoms with van der Waals surface area (Å²) in [5, 5.41) is 11.2. The first-order chi connectivity index (χ1) is 17.5. The molecule has 0 unspecified atom stereocenters. The van der Waals surface area contributed by atoms with Crippen LogP contribution in [0.4, 0.5) is 0 Å². The number of carbonyl (C=O) groups excluding carboxylic acids is 2. The zero-order valence-electron chi connectivity index (χ0n) is 20.9. The number of likely N-dealkylation sites (tertiary alicyclic amines) is 1. The lowest BCUT2D eigenvalue weighted by atomic mass is 9.95. The zero-order valence-corrected chi connectivity index (χ0v) is 20.9. The maximum Gasteiger partial charge on any atom is 0.295 e. The van der Waals surface area contributed by atoms with Gasteiger partial charge in [0.25, 0.3) is 11.7 Å². The van der Waals surface area contributed by atoms with E-state index in [4.69, 9.17) is 14.2 Å². The first kappa shape index (κ1) is 25.7. The second-order valence-electron chi connectivity index (χ2n) is 8.76. The Morgan fingerprint density at radius 3 is 2.08 bits per heavy atom. The number of hydrogen-bond acceptors (Lipinski definition) is 7. The fraction of sp³-hybridized carbons (Fsp3) is 0.429. The molecular formula is C28H34N2O6. The van der Waals surface area contributed by atoms with E-state index in [1.165, 1.54) is 0 Å². The van der Waals surface area contributed by atoms with E-state index in [-0.39, 0.29) is 11.3 Å². The van der Waals surface area contributed by atoms with Gasteiger partial charge in [-0.15, -0.1) is 0 Å². The number of rotatable bonds is 10. The van der Waals surface area contributed by atoms with Crippen molar-refractivity contribution in [1.29, 1.82) is 0 Å². The Hall–Kier alpha value is -3.36. The molecule has 1 N–H and O–H groups in total. The first-order valence-corrected chi connectivity index (χ1v) is 12.6. The molecule has 2 aliphatic heterocycles. The Kier molecular flexibility index (Phi) is 8.61. The normalized spacial score (nSPS) is 20.1. The number of aliphatic hydroxyl groups is 1. The monoisotopic (exact) mass is 494 g/mol. The van der Waals surface area contributed by atoms with Crippen LogP contribution in [-0.4, -0.2) is 79.2 Å². The summed E-state index contributed by atoms with van der Waals surface area (Å²) in [7, 11) is 0. The molecule has 0 aliphatic carbocycles. The van der Waals surface area contributed by atoms with Gasteiger partial charge in [-0.1, -0.05) is 12.1 Å². The van der Waals surface area contributed by atoms with Gasteiger partial charge in [0.15, 0.2) is 0 Å². The SMILES string of the molecule is CCOc1ccc(/C(O)=C2\C(=O)C(=O)N(CCCN3CCOCC3)[C@H]2c2ccc(OCC)cc2)cc1. The minimum Gasteiger partial charge on any atom is -0.507 e. The van der Waals surface area contributed by atoms with Crippen molar-refractivity contribution < 1.29 is 28.9 Å². The second kappa shape index (κ2) is 12.1. The first-order valence-electron chi connectivity index (χ1n) is 12.6. The minimum absolute atomic E-state index is 0.0969. The molecular weight excluding hydrogens is 460 g/mol. The van der Waals surface area contributed by atoms with E-state index in [9.17, 15) is 14.7 Å². The maximum absolute atomic E-state index is 13.2. The van der Waals surface area contributed by atoms with E-state index in [2.05, 4.69) is 4.90 Å². The highest BCUT2D eigenvalue weighted by atomic mass is 16.5. The van der Waals surface area contributed by atoms with Crippen LogP contribution < -0.4 is 9.47 Å². The summed E-state index contributed by atoms with van der Waals surface area (Å²) in [5.41, 5.74) is 1.30. The standard InChI is InChI=1S/C28H34N2O6/c1-3-35-22-10-6-20(7-11-22)25-24(26(31)21-8-12-23(13-9-21)36-4-2)27(32)28(33)30(25)15-5-14-29-16-18-34-19-17-29/h6-13,25,31H,3-5,14-19H2,1-2H3/b26-24+/t25-/m0/s1. The molecule has 8 nitrogen and oxygen atoms in total. The van der Waals surface area contributed by atoms with E-state index in [1.807, 2.05) is 38.1 Å². The van der Waals surface area contributed by atoms with Crippen molar-refractivity contribution in [2.24, 2.45) is 0 Å². The molecule has 0 radical (unpaired) electrons. The molecule has 2 saturated heterocycles. The molecule has 1 atom stereocenters. The van der Waals surface area contributed by atoms with Gasteiger partial charge in [0.1, 0.15) is 17.3 Å². The fourth-order valence-corrected chi connectivity index (χ4v) is 4.69. The van der Waals surface area contributed by atoms with Gasteiger partial charge >= 0.3 is 0 Å². The Bertz CT molecular complexity index is 1070. The number of nitrogens with zero attached hydrogens (tertiary/aromatic N) is 2. The Morgan fingerprint density at radius 1 is 0.917 bits per heavy atom. The highest BCUT2D eigenvalue weighted by molar-refractivity contribution is 6.46. The van der Waals surface area contributed by atoms with Crippen LogP contribution in [0.5, 0.6) is 11.5 Å². The molecule has 0 aromatic heterocycles. The van der Waals surface area contributed by atoms with Crippen molar-refractivity contribution in [3.8, 4) is 11.5 Å². The maximum atomic E-state index is 13.2. The molecule has 0 saturated carbocycles. The van der Waals surface area contributed by atoms with Crippen molar-refractivity contribution in [1.82, 2.24) is 9.80 Å². The molecule has 2 heterocycles. The summed E-state index contributed by atoms with van der Waals surface area (Å²) in [5.74, 6) is -0.0846. The molecule has 0 bridgehead atoms. The van der Waals surface area contributed by atoms with Gasteiger partial charge in [-0.25, -0.2) is 0 Å². The largest absolute Gasteiger partial charge is 0.507 e. The molecule has 4 rings (SSSR count). The molecule has 2 aliphatic rings. The van der Waals surface area contributed by atoms with E-state index < -0.39 is 17.7 Å². The van der Waals surface area contributed by atoms with Gasteiger partial charge in [-0.2, -0.15) is 0 Å². The molecule has 8 heteroatoms. The summed E-state index contributed by atoms with van der Waals surface area (Å²) < 4.78 is 16.5. The van der Waals surface area contributed by atoms with Gasteiger partial charge in [-0.3, -0.25) is 14.5 Å². The van der Waals surface area contributed by atoms with Crippen molar-refractivity contribution in [3.05, 3.63) is 65.2 Å². The lowest BCUT2D eigenvalue weighted by Gasteiger charge is -2.29. The highest BCUT2D eigenvalue weighted by Crippen LogP contribution is 2.40. The third-order valence-corrected chi connectivity index (χ3v) is 6.46. The minimum atomic E-state index is -0.683. The molecule has 2 aromatic rings. The Morgan fingerprint density at radius 2 is 1.50 bits per heavy atom. The average molecular weight is 495 g/mol. The smallest absolute Gasteiger partial charge is 0.295 e. The predicted octanol–water partition coefficient (Wildman–Crippen LogP) is 3.63. The van der Waals surface area contributed by atoms with Crippen molar-refractivity contribution in [2.75, 3.05) is 52.6 Å². The molecule has 192 valence electrons. The molecule has 2 fully saturated rings. The quantitative estimate of drug-likeness (QED) is 0.307. The van der Waals surface area contributed by atoms with Crippen LogP contribution in [0, 0.1) is 0 Å². The number of ketones is 1. The van der Waals surface area contributed by atoms with Gasteiger partial charge in [0, 0.05) is 31.7 Å². The van der Waals surface area contributed by atoms with Crippen LogP contribution >= 0.6 is 0 Å². The topological polar surface area (TPSA) is 88.5 Å². The van der Waals surface area contributed by atoms with Crippen molar-refractivity contribution in [2.45, 2.75) is 26.3 Å². The lowest BCUT2D eigenvalue weighted by molar-refractivity contribution is -0.140. The second-order valence-corrected chi connectivity index (χ2v) is 8.76. The highest BCUT2D eigenvalue weighted by Gasteiger charge is 2.45. The van der Waals surface area contributed by atoms with Crippen molar-refractivity contribution in [3.63, 3.8) is 0 Å². The van der Waals surface area contributed by atoms with Gasteiger partial charge in [0.05, 0.1) is 38.0 Å². The van der Waals surface area contributed by atoms with Crippen LogP contribution in [-0.2, 0) is 14.3 Å². The third kappa shape index (κ3) is 5.71. The number of hydrogen-bond donors (Lipinski definition) is 1. The summed E-state index contributed by atoms with van der Waals surface area (Å²) in [6, 6.07) is 13.5. The Balaban J connectivity index is 1.65. The van der Waals surface area contributed by atoms with E-state index >= 15 is 0 Å². The van der Waals surface area contributed by atoms with Crippen LogP contribution in [0.3, 0.4) is 0 Å². The predicted molar refractivity (Wildman–Crippen MR) is 136 cm³/mol. The van der Waals surface area contributed by atoms with Gasteiger partial charge in [-0.05, 0) is 62.2 Å². The molecule has 0 spiro atoms. The molecule has 1 amide bonds. The summed E-state index contributed by atoms with van der Waals surface area (Å²) >= 11 is 0. The molecule has 2 aromatic carbocycles. The number of carbonyl (C=O) groups is 2. The summed E-state index contributed by atoms with van der Waals surface area (Å²) in [4.78, 5) is 30.3. The van der Waals surface area contributed by atoms with Crippen LogP contribution in [0.15, 0.2) is 54.1 Å². The lowest BCUT2D eigenvalue weighted by Crippen LogP contribution is -2.38. The summed E-state index contributed by atoms with van der Waals surface area (Å²) in [6.45, 7) is 9.21. The van der Waals surface area contributed by atoms with Gasteiger partial charge in [0.2, 0.25) is 0 Å². The van der Waals surface area contributed by atoms with Gasteiger partial charge < -0.3 is 24.2 Å². The molecule has 36 heavy (non-hydrogen) atoms. The van der Waals surface area contributed by atoms with Crippen molar-refractivity contribution >= 4 is 17.4 Å². The van der Waals surface area contributed by atoms with Crippen LogP contribution in [0.1, 0.15) is 37.4 Å². The average Bonchev–Trinajstić information content (AvgIpc) is 3.15. The number of Topliss-reactive ketones (excluding diaryl/α,β-unsaturated/α-hetero) is 1. The number of ether oxygens (including phenoxy) is 3. The fourth-order valence-electron chi connectivity index (χ4n) is 4.69. The number of morpholine rings is 1. The summed E-state index contributed by atoms with van der Waals surface area (Å²) in [6.07, 6.45) is 0.712. The van der Waals surface area contributed by atoms with Crippen LogP contribution in [0.2, 0.25) is 0 Å². The van der Waals surface area contributed by atoms with E-state index in [0.717, 1.165) is 25.2 Å². The number of amides is 1. The van der Waals surface area contributed by atoms with Crippen LogP contribution in [0.25, 0.3) is 5.76 Å². The Labute approximate surface area is 212 Å². The third-order valence-electron chi connectivity index (χ3n) is 6.46. The van der Waals surface area contributed by atoms with E-state index in [0.29, 0.717) is 56.5 Å². The zero-order chi connectivity index (χ0) is 25.5. The number of aliphatic hydroxyl groups excluding tert-OH is 1. The number of benzene rings is 2.